The summed E-state index contributed by atoms with van der Waals surface area (Å²) >= 11 is 0. The first kappa shape index (κ1) is 28.3. The number of fused-ring (bicyclic) bond motifs is 6. The quantitative estimate of drug-likeness (QED) is 0.184. The molecule has 234 valence electrons. The van der Waals surface area contributed by atoms with Crippen LogP contribution in [-0.2, 0) is 0 Å². The van der Waals surface area contributed by atoms with Gasteiger partial charge in [-0.15, -0.1) is 0 Å². The third-order valence-corrected chi connectivity index (χ3v) is 10.0. The summed E-state index contributed by atoms with van der Waals surface area (Å²) in [6, 6.07) is 63.6. The van der Waals surface area contributed by atoms with Gasteiger partial charge in [0.05, 0.1) is 27.8 Å². The molecule has 0 atom stereocenters. The molecule has 0 spiro atoms. The van der Waals surface area contributed by atoms with E-state index in [9.17, 15) is 0 Å². The van der Waals surface area contributed by atoms with Crippen LogP contribution in [0.1, 0.15) is 0 Å². The highest BCUT2D eigenvalue weighted by atomic mass is 15.0. The SMILES string of the molecule is c1ccc(-c2cc(-n3c4ccccc4c4cnccc43)ccc2-c2cccc(-c3ccccc3)c2-n2c3ccccc3c3ccccc32)cc1. The Hall–Kier alpha value is -6.71. The average molecular weight is 638 g/mol. The summed E-state index contributed by atoms with van der Waals surface area (Å²) in [4.78, 5) is 4.48. The number of nitrogens with zero attached hydrogens (tertiary/aromatic N) is 3. The number of para-hydroxylation sites is 4. The van der Waals surface area contributed by atoms with E-state index in [-0.39, 0.29) is 0 Å². The molecule has 3 heterocycles. The largest absolute Gasteiger partial charge is 0.309 e. The highest BCUT2D eigenvalue weighted by Crippen LogP contribution is 2.44. The Morgan fingerprint density at radius 3 is 1.52 bits per heavy atom. The number of aromatic nitrogens is 3. The lowest BCUT2D eigenvalue weighted by molar-refractivity contribution is 1.17. The van der Waals surface area contributed by atoms with Crippen LogP contribution in [0.25, 0.3) is 88.4 Å². The molecule has 0 saturated carbocycles. The van der Waals surface area contributed by atoms with Gasteiger partial charge in [-0.1, -0.05) is 140 Å². The number of pyridine rings is 1. The summed E-state index contributed by atoms with van der Waals surface area (Å²) in [7, 11) is 0. The van der Waals surface area contributed by atoms with Crippen molar-refractivity contribution in [1.29, 1.82) is 0 Å². The second-order valence-electron chi connectivity index (χ2n) is 12.8. The van der Waals surface area contributed by atoms with Gasteiger partial charge in [0, 0.05) is 50.8 Å². The zero-order valence-electron chi connectivity index (χ0n) is 27.2. The van der Waals surface area contributed by atoms with Gasteiger partial charge in [0.15, 0.2) is 0 Å². The fraction of sp³-hybridized carbons (Fsp3) is 0. The van der Waals surface area contributed by atoms with E-state index in [0.29, 0.717) is 0 Å². The molecule has 0 fully saturated rings. The summed E-state index contributed by atoms with van der Waals surface area (Å²) in [6.07, 6.45) is 3.87. The first-order chi connectivity index (χ1) is 24.8. The van der Waals surface area contributed by atoms with Crippen LogP contribution in [0.2, 0.25) is 0 Å². The van der Waals surface area contributed by atoms with Gasteiger partial charge in [-0.05, 0) is 58.7 Å². The van der Waals surface area contributed by atoms with Gasteiger partial charge in [-0.3, -0.25) is 4.98 Å². The van der Waals surface area contributed by atoms with E-state index in [1.807, 2.05) is 12.4 Å². The van der Waals surface area contributed by atoms with Gasteiger partial charge in [0.2, 0.25) is 0 Å². The topological polar surface area (TPSA) is 22.8 Å². The molecule has 50 heavy (non-hydrogen) atoms. The van der Waals surface area contributed by atoms with E-state index in [4.69, 9.17) is 0 Å². The maximum Gasteiger partial charge on any atom is 0.0619 e. The Morgan fingerprint density at radius 1 is 0.340 bits per heavy atom. The Balaban J connectivity index is 1.32. The predicted molar refractivity (Wildman–Crippen MR) is 209 cm³/mol. The van der Waals surface area contributed by atoms with Crippen molar-refractivity contribution < 1.29 is 0 Å². The molecule has 0 bridgehead atoms. The van der Waals surface area contributed by atoms with E-state index >= 15 is 0 Å². The fourth-order valence-electron chi connectivity index (χ4n) is 7.87. The van der Waals surface area contributed by atoms with Crippen LogP contribution in [0, 0.1) is 0 Å². The standard InChI is InChI=1S/C47H31N3/c1-3-14-32(15-4-1)35-21-13-22-40(47(35)50-44-24-11-7-18-37(44)38-19-8-12-25-45(38)50)36-27-26-34(30-41(36)33-16-5-2-6-17-33)49-43-23-10-9-20-39(43)42-31-48-29-28-46(42)49/h1-31H. The van der Waals surface area contributed by atoms with E-state index < -0.39 is 0 Å². The Labute approximate surface area is 290 Å². The van der Waals surface area contributed by atoms with Gasteiger partial charge < -0.3 is 9.13 Å². The normalized spacial score (nSPS) is 11.6. The zero-order valence-corrected chi connectivity index (χ0v) is 27.2. The molecule has 3 heteroatoms. The second-order valence-corrected chi connectivity index (χ2v) is 12.8. The molecule has 0 saturated heterocycles. The molecule has 0 unspecified atom stereocenters. The summed E-state index contributed by atoms with van der Waals surface area (Å²) in [5, 5.41) is 4.84. The summed E-state index contributed by atoms with van der Waals surface area (Å²) in [5.74, 6) is 0. The molecular formula is C47H31N3. The van der Waals surface area contributed by atoms with Crippen molar-refractivity contribution in [2.24, 2.45) is 0 Å². The fourth-order valence-corrected chi connectivity index (χ4v) is 7.87. The second kappa shape index (κ2) is 11.5. The number of rotatable bonds is 5. The van der Waals surface area contributed by atoms with E-state index in [1.165, 1.54) is 71.8 Å². The minimum absolute atomic E-state index is 1.11. The number of benzene rings is 7. The monoisotopic (exact) mass is 637 g/mol. The molecule has 0 aliphatic heterocycles. The number of hydrogen-bond donors (Lipinski definition) is 0. The molecule has 10 aromatic rings. The van der Waals surface area contributed by atoms with Crippen LogP contribution in [-0.4, -0.2) is 14.1 Å². The lowest BCUT2D eigenvalue weighted by atomic mass is 9.90. The van der Waals surface area contributed by atoms with Crippen molar-refractivity contribution in [3.05, 3.63) is 188 Å². The Bertz CT molecular complexity index is 2750. The molecule has 0 radical (unpaired) electrons. The van der Waals surface area contributed by atoms with Gasteiger partial charge in [0.1, 0.15) is 0 Å². The van der Waals surface area contributed by atoms with Crippen molar-refractivity contribution in [2.75, 3.05) is 0 Å². The van der Waals surface area contributed by atoms with Crippen molar-refractivity contribution in [3.63, 3.8) is 0 Å². The minimum atomic E-state index is 1.11. The average Bonchev–Trinajstić information content (AvgIpc) is 3.71. The third-order valence-electron chi connectivity index (χ3n) is 10.0. The lowest BCUT2D eigenvalue weighted by Crippen LogP contribution is -2.02. The summed E-state index contributed by atoms with van der Waals surface area (Å²) < 4.78 is 4.85. The summed E-state index contributed by atoms with van der Waals surface area (Å²) in [6.45, 7) is 0. The molecule has 3 aromatic heterocycles. The third kappa shape index (κ3) is 4.34. The smallest absolute Gasteiger partial charge is 0.0619 e. The Kier molecular flexibility index (Phi) is 6.49. The Morgan fingerprint density at radius 2 is 0.860 bits per heavy atom. The van der Waals surface area contributed by atoms with Crippen molar-refractivity contribution in [1.82, 2.24) is 14.1 Å². The minimum Gasteiger partial charge on any atom is -0.309 e. The highest BCUT2D eigenvalue weighted by Gasteiger charge is 2.22. The first-order valence-electron chi connectivity index (χ1n) is 17.1. The first-order valence-corrected chi connectivity index (χ1v) is 17.1. The lowest BCUT2D eigenvalue weighted by Gasteiger charge is -2.21. The number of hydrogen-bond acceptors (Lipinski definition) is 1. The maximum atomic E-state index is 4.48. The van der Waals surface area contributed by atoms with E-state index in [1.54, 1.807) is 0 Å². The van der Waals surface area contributed by atoms with Crippen molar-refractivity contribution in [3.8, 4) is 44.8 Å². The molecule has 0 N–H and O–H groups in total. The predicted octanol–water partition coefficient (Wildman–Crippen LogP) is 12.3. The van der Waals surface area contributed by atoms with Crippen molar-refractivity contribution >= 4 is 43.6 Å². The molecule has 3 nitrogen and oxygen atoms in total. The van der Waals surface area contributed by atoms with Crippen molar-refractivity contribution in [2.45, 2.75) is 0 Å². The maximum absolute atomic E-state index is 4.48. The molecular weight excluding hydrogens is 607 g/mol. The van der Waals surface area contributed by atoms with Crippen LogP contribution in [0.5, 0.6) is 0 Å². The van der Waals surface area contributed by atoms with Gasteiger partial charge >= 0.3 is 0 Å². The van der Waals surface area contributed by atoms with Gasteiger partial charge in [-0.25, -0.2) is 0 Å². The molecule has 0 amide bonds. The van der Waals surface area contributed by atoms with Crippen LogP contribution < -0.4 is 0 Å². The van der Waals surface area contributed by atoms with Crippen LogP contribution in [0.4, 0.5) is 0 Å². The molecule has 0 aliphatic rings. The van der Waals surface area contributed by atoms with E-state index in [0.717, 1.165) is 16.6 Å². The van der Waals surface area contributed by atoms with Gasteiger partial charge in [0.25, 0.3) is 0 Å². The van der Waals surface area contributed by atoms with Crippen LogP contribution >= 0.6 is 0 Å². The highest BCUT2D eigenvalue weighted by molar-refractivity contribution is 6.11. The molecule has 10 rings (SSSR count). The zero-order chi connectivity index (χ0) is 33.0. The van der Waals surface area contributed by atoms with E-state index in [2.05, 4.69) is 190 Å². The summed E-state index contributed by atoms with van der Waals surface area (Å²) in [5.41, 5.74) is 14.0. The van der Waals surface area contributed by atoms with Crippen LogP contribution in [0.15, 0.2) is 188 Å². The molecule has 7 aromatic carbocycles. The van der Waals surface area contributed by atoms with Gasteiger partial charge in [-0.2, -0.15) is 0 Å². The van der Waals surface area contributed by atoms with Crippen LogP contribution in [0.3, 0.4) is 0 Å². The molecule has 0 aliphatic carbocycles.